The van der Waals surface area contributed by atoms with Crippen molar-refractivity contribution < 1.29 is 20.1 Å². The van der Waals surface area contributed by atoms with E-state index in [1.54, 1.807) is 6.07 Å². The molecule has 5 heteroatoms. The van der Waals surface area contributed by atoms with E-state index in [9.17, 15) is 15.0 Å². The van der Waals surface area contributed by atoms with Crippen molar-refractivity contribution in [2.75, 3.05) is 0 Å². The fraction of sp³-hybridized carbons (Fsp3) is 0.111. The molecule has 0 unspecified atom stereocenters. The highest BCUT2D eigenvalue weighted by molar-refractivity contribution is 5.73. The summed E-state index contributed by atoms with van der Waals surface area (Å²) in [6.07, 6.45) is -0.483. The standard InChI is InChI=1S/C9H7NO4/c10-4-5-1-7(11)6(3-9(13)14)8(12)2-5/h1-2,11-12H,3H2,(H,13,14). The molecule has 0 spiro atoms. The molecule has 0 aromatic heterocycles. The molecule has 14 heavy (non-hydrogen) atoms. The average Bonchev–Trinajstić information content (AvgIpc) is 2.10. The van der Waals surface area contributed by atoms with Crippen molar-refractivity contribution in [3.05, 3.63) is 23.3 Å². The van der Waals surface area contributed by atoms with Crippen LogP contribution in [0.4, 0.5) is 0 Å². The van der Waals surface area contributed by atoms with Crippen molar-refractivity contribution in [3.8, 4) is 17.6 Å². The van der Waals surface area contributed by atoms with Crippen molar-refractivity contribution in [2.24, 2.45) is 0 Å². The van der Waals surface area contributed by atoms with Crippen LogP contribution < -0.4 is 0 Å². The molecule has 1 aromatic carbocycles. The molecular weight excluding hydrogens is 186 g/mol. The Balaban J connectivity index is 3.19. The van der Waals surface area contributed by atoms with E-state index in [1.807, 2.05) is 0 Å². The molecule has 0 heterocycles. The van der Waals surface area contributed by atoms with E-state index in [0.717, 1.165) is 12.1 Å². The molecule has 0 fully saturated rings. The van der Waals surface area contributed by atoms with Gasteiger partial charge in [-0.3, -0.25) is 4.79 Å². The molecule has 1 rings (SSSR count). The molecule has 3 N–H and O–H groups in total. The van der Waals surface area contributed by atoms with Gasteiger partial charge in [-0.2, -0.15) is 5.26 Å². The van der Waals surface area contributed by atoms with Gasteiger partial charge in [-0.1, -0.05) is 0 Å². The van der Waals surface area contributed by atoms with E-state index >= 15 is 0 Å². The summed E-state index contributed by atoms with van der Waals surface area (Å²) in [5, 5.41) is 35.5. The van der Waals surface area contributed by atoms with E-state index in [1.165, 1.54) is 0 Å². The van der Waals surface area contributed by atoms with Crippen LogP contribution in [0, 0.1) is 11.3 Å². The Bertz CT molecular complexity index is 396. The number of phenols is 2. The van der Waals surface area contributed by atoms with Gasteiger partial charge in [-0.05, 0) is 12.1 Å². The Morgan fingerprint density at radius 1 is 1.36 bits per heavy atom. The number of phenolic OH excluding ortho intramolecular Hbond substituents is 2. The maximum atomic E-state index is 10.3. The maximum Gasteiger partial charge on any atom is 0.308 e. The van der Waals surface area contributed by atoms with Gasteiger partial charge in [0, 0.05) is 5.56 Å². The van der Waals surface area contributed by atoms with E-state index in [0.29, 0.717) is 0 Å². The Hall–Kier alpha value is -2.22. The summed E-state index contributed by atoms with van der Waals surface area (Å²) in [6, 6.07) is 3.94. The monoisotopic (exact) mass is 193 g/mol. The number of carbonyl (C=O) groups is 1. The number of carboxylic acid groups (broad SMARTS) is 1. The second-order valence-corrected chi connectivity index (χ2v) is 2.68. The third kappa shape index (κ3) is 1.93. The molecule has 72 valence electrons. The molecule has 0 aliphatic carbocycles. The first kappa shape index (κ1) is 9.86. The van der Waals surface area contributed by atoms with Crippen LogP contribution in [-0.4, -0.2) is 21.3 Å². The fourth-order valence-electron chi connectivity index (χ4n) is 1.04. The highest BCUT2D eigenvalue weighted by atomic mass is 16.4. The third-order valence-electron chi connectivity index (χ3n) is 1.66. The van der Waals surface area contributed by atoms with E-state index in [2.05, 4.69) is 0 Å². The number of benzene rings is 1. The Morgan fingerprint density at radius 3 is 2.21 bits per heavy atom. The van der Waals surface area contributed by atoms with Crippen LogP contribution in [0.2, 0.25) is 0 Å². The number of hydrogen-bond donors (Lipinski definition) is 3. The third-order valence-corrected chi connectivity index (χ3v) is 1.66. The summed E-state index contributed by atoms with van der Waals surface area (Å²) in [5.74, 6) is -1.94. The van der Waals surface area contributed by atoms with Crippen LogP contribution in [0.3, 0.4) is 0 Å². The van der Waals surface area contributed by atoms with E-state index in [-0.39, 0.29) is 22.6 Å². The van der Waals surface area contributed by atoms with Crippen molar-refractivity contribution in [1.82, 2.24) is 0 Å². The number of hydrogen-bond acceptors (Lipinski definition) is 4. The quantitative estimate of drug-likeness (QED) is 0.638. The molecule has 1 aromatic rings. The number of nitriles is 1. The van der Waals surface area contributed by atoms with Gasteiger partial charge >= 0.3 is 5.97 Å². The summed E-state index contributed by atoms with van der Waals surface area (Å²) in [7, 11) is 0. The highest BCUT2D eigenvalue weighted by Gasteiger charge is 2.12. The summed E-state index contributed by atoms with van der Waals surface area (Å²) in [6.45, 7) is 0. The van der Waals surface area contributed by atoms with Crippen LogP contribution in [0.5, 0.6) is 11.5 Å². The smallest absolute Gasteiger partial charge is 0.308 e. The first-order valence-electron chi connectivity index (χ1n) is 3.71. The minimum Gasteiger partial charge on any atom is -0.507 e. The van der Waals surface area contributed by atoms with E-state index < -0.39 is 12.4 Å². The zero-order valence-electron chi connectivity index (χ0n) is 7.06. The molecule has 0 atom stereocenters. The number of aromatic hydroxyl groups is 2. The lowest BCUT2D eigenvalue weighted by atomic mass is 10.1. The Labute approximate surface area is 79.5 Å². The number of nitrogens with zero attached hydrogens (tertiary/aromatic N) is 1. The lowest BCUT2D eigenvalue weighted by molar-refractivity contribution is -0.136. The molecule has 0 saturated carbocycles. The Morgan fingerprint density at radius 2 is 1.86 bits per heavy atom. The lowest BCUT2D eigenvalue weighted by Gasteiger charge is -2.04. The van der Waals surface area contributed by atoms with Crippen LogP contribution in [0.1, 0.15) is 11.1 Å². The zero-order valence-corrected chi connectivity index (χ0v) is 7.06. The predicted molar refractivity (Wildman–Crippen MR) is 45.8 cm³/mol. The van der Waals surface area contributed by atoms with Crippen LogP contribution in [0.25, 0.3) is 0 Å². The lowest BCUT2D eigenvalue weighted by Crippen LogP contribution is -2.00. The first-order valence-corrected chi connectivity index (χ1v) is 3.71. The number of aliphatic carboxylic acids is 1. The normalized spacial score (nSPS) is 9.36. The van der Waals surface area contributed by atoms with Crippen molar-refractivity contribution in [2.45, 2.75) is 6.42 Å². The largest absolute Gasteiger partial charge is 0.507 e. The second kappa shape index (κ2) is 3.66. The van der Waals surface area contributed by atoms with Crippen LogP contribution in [-0.2, 0) is 11.2 Å². The molecule has 5 nitrogen and oxygen atoms in total. The van der Waals surface area contributed by atoms with Gasteiger partial charge in [0.05, 0.1) is 18.1 Å². The summed E-state index contributed by atoms with van der Waals surface area (Å²) < 4.78 is 0. The van der Waals surface area contributed by atoms with Crippen molar-refractivity contribution in [3.63, 3.8) is 0 Å². The zero-order chi connectivity index (χ0) is 10.7. The van der Waals surface area contributed by atoms with Gasteiger partial charge in [-0.15, -0.1) is 0 Å². The minimum absolute atomic E-state index is 0.0779. The van der Waals surface area contributed by atoms with Gasteiger partial charge in [0.1, 0.15) is 11.5 Å². The molecule has 0 aliphatic rings. The molecule has 0 bridgehead atoms. The SMILES string of the molecule is N#Cc1cc(O)c(CC(=O)O)c(O)c1. The summed E-state index contributed by atoms with van der Waals surface area (Å²) in [5.41, 5.74) is -0.00867. The van der Waals surface area contributed by atoms with Gasteiger partial charge in [0.15, 0.2) is 0 Å². The summed E-state index contributed by atoms with van der Waals surface area (Å²) in [4.78, 5) is 10.3. The van der Waals surface area contributed by atoms with Gasteiger partial charge in [-0.25, -0.2) is 0 Å². The molecule has 0 saturated heterocycles. The van der Waals surface area contributed by atoms with E-state index in [4.69, 9.17) is 10.4 Å². The van der Waals surface area contributed by atoms with Gasteiger partial charge < -0.3 is 15.3 Å². The predicted octanol–water partition coefficient (Wildman–Crippen LogP) is 0.597. The number of carboxylic acids is 1. The molecule has 0 amide bonds. The Kier molecular flexibility index (Phi) is 2.58. The molecule has 0 aliphatic heterocycles. The highest BCUT2D eigenvalue weighted by Crippen LogP contribution is 2.28. The van der Waals surface area contributed by atoms with Crippen LogP contribution >= 0.6 is 0 Å². The van der Waals surface area contributed by atoms with Crippen molar-refractivity contribution in [1.29, 1.82) is 5.26 Å². The topological polar surface area (TPSA) is 102 Å². The molecular formula is C9H7NO4. The van der Waals surface area contributed by atoms with Crippen molar-refractivity contribution >= 4 is 5.97 Å². The second-order valence-electron chi connectivity index (χ2n) is 2.68. The number of rotatable bonds is 2. The maximum absolute atomic E-state index is 10.3. The first-order chi connectivity index (χ1) is 6.54. The van der Waals surface area contributed by atoms with Gasteiger partial charge in [0.25, 0.3) is 0 Å². The average molecular weight is 193 g/mol. The van der Waals surface area contributed by atoms with Gasteiger partial charge in [0.2, 0.25) is 0 Å². The fourth-order valence-corrected chi connectivity index (χ4v) is 1.04. The molecule has 0 radical (unpaired) electrons. The summed E-state index contributed by atoms with van der Waals surface area (Å²) >= 11 is 0. The minimum atomic E-state index is -1.17. The van der Waals surface area contributed by atoms with Crippen LogP contribution in [0.15, 0.2) is 12.1 Å².